The number of hydrogen-bond acceptors (Lipinski definition) is 6. The molecule has 0 radical (unpaired) electrons. The van der Waals surface area contributed by atoms with E-state index in [2.05, 4.69) is 0 Å². The van der Waals surface area contributed by atoms with Crippen LogP contribution < -0.4 is 9.47 Å². The number of ether oxygens (including phenoxy) is 2. The van der Waals surface area contributed by atoms with Crippen molar-refractivity contribution in [2.45, 2.75) is 32.4 Å². The Labute approximate surface area is 157 Å². The highest BCUT2D eigenvalue weighted by molar-refractivity contribution is 6.05. The fraction of sp³-hybridized carbons (Fsp3) is 0.526. The van der Waals surface area contributed by atoms with Gasteiger partial charge in [0.2, 0.25) is 5.91 Å². The van der Waals surface area contributed by atoms with E-state index in [9.17, 15) is 14.4 Å². The summed E-state index contributed by atoms with van der Waals surface area (Å²) in [7, 11) is 3.05. The molecule has 2 atom stereocenters. The quantitative estimate of drug-likeness (QED) is 0.796. The van der Waals surface area contributed by atoms with Gasteiger partial charge in [-0.05, 0) is 25.5 Å². The van der Waals surface area contributed by atoms with Crippen LogP contribution in [0.25, 0.3) is 0 Å². The third-order valence-corrected chi connectivity index (χ3v) is 5.92. The van der Waals surface area contributed by atoms with E-state index in [1.165, 1.54) is 19.2 Å². The third kappa shape index (κ3) is 1.99. The molecule has 0 N–H and O–H groups in total. The first kappa shape index (κ1) is 17.8. The van der Waals surface area contributed by atoms with Crippen LogP contribution in [0.5, 0.6) is 11.5 Å². The molecule has 4 rings (SSSR count). The highest BCUT2D eigenvalue weighted by Crippen LogP contribution is 2.55. The molecule has 0 bridgehead atoms. The van der Waals surface area contributed by atoms with Gasteiger partial charge in [-0.2, -0.15) is 5.01 Å². The second kappa shape index (κ2) is 5.95. The average molecular weight is 373 g/mol. The predicted molar refractivity (Wildman–Crippen MR) is 94.9 cm³/mol. The molecule has 3 aliphatic rings. The molecule has 1 spiro atoms. The van der Waals surface area contributed by atoms with Crippen molar-refractivity contribution in [2.75, 3.05) is 27.3 Å². The van der Waals surface area contributed by atoms with Gasteiger partial charge >= 0.3 is 0 Å². The molecule has 1 aromatic rings. The number of methoxy groups -OCH3 is 2. The SMILES string of the molecule is CCC(=O)N1C(=O)[C@@H](C)[C@@]23c4cc(OC)c(OC)cc4C(=O)N2CCCN13. The van der Waals surface area contributed by atoms with E-state index in [-0.39, 0.29) is 24.1 Å². The number of rotatable bonds is 3. The summed E-state index contributed by atoms with van der Waals surface area (Å²) in [5.41, 5.74) is 0.189. The second-order valence-electron chi connectivity index (χ2n) is 7.03. The van der Waals surface area contributed by atoms with Crippen molar-refractivity contribution in [1.29, 1.82) is 0 Å². The Hall–Kier alpha value is -2.61. The molecule has 8 nitrogen and oxygen atoms in total. The van der Waals surface area contributed by atoms with Crippen molar-refractivity contribution >= 4 is 17.7 Å². The molecule has 3 aliphatic heterocycles. The zero-order chi connectivity index (χ0) is 19.5. The summed E-state index contributed by atoms with van der Waals surface area (Å²) in [5.74, 6) is -0.301. The van der Waals surface area contributed by atoms with Crippen molar-refractivity contribution in [2.24, 2.45) is 5.92 Å². The summed E-state index contributed by atoms with van der Waals surface area (Å²) < 4.78 is 10.8. The molecule has 0 unspecified atom stereocenters. The minimum atomic E-state index is -0.994. The zero-order valence-corrected chi connectivity index (χ0v) is 15.9. The van der Waals surface area contributed by atoms with E-state index >= 15 is 0 Å². The normalized spacial score (nSPS) is 26.7. The van der Waals surface area contributed by atoms with Crippen LogP contribution in [-0.2, 0) is 15.3 Å². The molecule has 0 saturated carbocycles. The number of fused-ring (bicyclic) bond motifs is 1. The fourth-order valence-corrected chi connectivity index (χ4v) is 4.73. The Bertz CT molecular complexity index is 854. The van der Waals surface area contributed by atoms with E-state index in [0.717, 1.165) is 0 Å². The number of benzene rings is 1. The average Bonchev–Trinajstić information content (AvgIpc) is 3.08. The summed E-state index contributed by atoms with van der Waals surface area (Å²) in [6.45, 7) is 4.57. The van der Waals surface area contributed by atoms with Gasteiger partial charge in [0.05, 0.1) is 25.7 Å². The molecule has 2 saturated heterocycles. The molecular formula is C19H23N3O5. The number of carbonyl (C=O) groups excluding carboxylic acids is 3. The van der Waals surface area contributed by atoms with Crippen LogP contribution in [0.15, 0.2) is 12.1 Å². The standard InChI is InChI=1S/C19H23N3O5/c1-5-16(23)22-17(24)11(2)19-13-10-15(27-4)14(26-3)9-12(13)18(25)20(19)7-6-8-21(19)22/h9-11H,5-8H2,1-4H3/t11-,19-/m1/s1. The minimum Gasteiger partial charge on any atom is -0.493 e. The first-order chi connectivity index (χ1) is 12.9. The summed E-state index contributed by atoms with van der Waals surface area (Å²) in [6.07, 6.45) is 0.904. The summed E-state index contributed by atoms with van der Waals surface area (Å²) in [5, 5.41) is 3.03. The van der Waals surface area contributed by atoms with E-state index in [1.54, 1.807) is 35.9 Å². The number of imide groups is 1. The molecule has 144 valence electrons. The monoisotopic (exact) mass is 373 g/mol. The Morgan fingerprint density at radius 3 is 2.48 bits per heavy atom. The van der Waals surface area contributed by atoms with Crippen LogP contribution in [-0.4, -0.2) is 59.9 Å². The van der Waals surface area contributed by atoms with E-state index < -0.39 is 11.6 Å². The van der Waals surface area contributed by atoms with Gasteiger partial charge in [0.1, 0.15) is 0 Å². The molecule has 3 amide bonds. The van der Waals surface area contributed by atoms with Crippen LogP contribution in [0.2, 0.25) is 0 Å². The number of carbonyl (C=O) groups is 3. The maximum atomic E-state index is 13.2. The molecule has 0 aromatic heterocycles. The van der Waals surface area contributed by atoms with Gasteiger partial charge in [-0.15, -0.1) is 0 Å². The molecule has 1 aromatic carbocycles. The molecule has 3 heterocycles. The smallest absolute Gasteiger partial charge is 0.256 e. The molecule has 27 heavy (non-hydrogen) atoms. The Morgan fingerprint density at radius 1 is 1.19 bits per heavy atom. The van der Waals surface area contributed by atoms with Crippen molar-refractivity contribution < 1.29 is 23.9 Å². The fourth-order valence-electron chi connectivity index (χ4n) is 4.73. The van der Waals surface area contributed by atoms with Crippen LogP contribution in [0, 0.1) is 5.92 Å². The number of nitrogens with zero attached hydrogens (tertiary/aromatic N) is 3. The number of hydrazine groups is 1. The van der Waals surface area contributed by atoms with Crippen molar-refractivity contribution in [3.63, 3.8) is 0 Å². The van der Waals surface area contributed by atoms with Crippen molar-refractivity contribution in [1.82, 2.24) is 14.9 Å². The molecular weight excluding hydrogens is 350 g/mol. The highest BCUT2D eigenvalue weighted by atomic mass is 16.5. The lowest BCUT2D eigenvalue weighted by atomic mass is 9.85. The minimum absolute atomic E-state index is 0.152. The lowest BCUT2D eigenvalue weighted by Gasteiger charge is -2.48. The zero-order valence-electron chi connectivity index (χ0n) is 15.9. The Kier molecular flexibility index (Phi) is 3.92. The van der Waals surface area contributed by atoms with Crippen LogP contribution in [0.4, 0.5) is 0 Å². The topological polar surface area (TPSA) is 79.4 Å². The van der Waals surface area contributed by atoms with E-state index in [4.69, 9.17) is 9.47 Å². The van der Waals surface area contributed by atoms with Gasteiger partial charge in [0.25, 0.3) is 11.8 Å². The van der Waals surface area contributed by atoms with Gasteiger partial charge in [0, 0.05) is 25.1 Å². The van der Waals surface area contributed by atoms with Crippen LogP contribution in [0.3, 0.4) is 0 Å². The Morgan fingerprint density at radius 2 is 1.85 bits per heavy atom. The number of hydrogen-bond donors (Lipinski definition) is 0. The maximum Gasteiger partial charge on any atom is 0.256 e. The second-order valence-corrected chi connectivity index (χ2v) is 7.03. The van der Waals surface area contributed by atoms with Gasteiger partial charge in [-0.1, -0.05) is 6.92 Å². The molecule has 2 fully saturated rings. The van der Waals surface area contributed by atoms with Crippen LogP contribution in [0.1, 0.15) is 42.6 Å². The number of amides is 3. The lowest BCUT2D eigenvalue weighted by Crippen LogP contribution is -2.62. The van der Waals surface area contributed by atoms with Gasteiger partial charge in [0.15, 0.2) is 17.2 Å². The molecule has 8 heteroatoms. The van der Waals surface area contributed by atoms with Crippen LogP contribution >= 0.6 is 0 Å². The summed E-state index contributed by atoms with van der Waals surface area (Å²) in [4.78, 5) is 40.6. The third-order valence-electron chi connectivity index (χ3n) is 5.92. The Balaban J connectivity index is 1.98. The summed E-state index contributed by atoms with van der Waals surface area (Å²) in [6, 6.07) is 3.44. The van der Waals surface area contributed by atoms with Crippen molar-refractivity contribution in [3.8, 4) is 11.5 Å². The maximum absolute atomic E-state index is 13.2. The first-order valence-corrected chi connectivity index (χ1v) is 9.16. The highest BCUT2D eigenvalue weighted by Gasteiger charge is 2.67. The van der Waals surface area contributed by atoms with Gasteiger partial charge in [-0.25, -0.2) is 5.01 Å². The lowest BCUT2D eigenvalue weighted by molar-refractivity contribution is -0.174. The van der Waals surface area contributed by atoms with Gasteiger partial charge < -0.3 is 14.4 Å². The van der Waals surface area contributed by atoms with Crippen molar-refractivity contribution in [3.05, 3.63) is 23.3 Å². The van der Waals surface area contributed by atoms with E-state index in [1.807, 2.05) is 0 Å². The largest absolute Gasteiger partial charge is 0.493 e. The summed E-state index contributed by atoms with van der Waals surface area (Å²) >= 11 is 0. The molecule has 0 aliphatic carbocycles. The first-order valence-electron chi connectivity index (χ1n) is 9.16. The van der Waals surface area contributed by atoms with E-state index in [0.29, 0.717) is 42.1 Å². The predicted octanol–water partition coefficient (Wildman–Crippen LogP) is 1.35. The van der Waals surface area contributed by atoms with Gasteiger partial charge in [-0.3, -0.25) is 14.4 Å².